The Hall–Kier alpha value is -1.49. The molecule has 0 spiro atoms. The monoisotopic (exact) mass is 254 g/mol. The lowest BCUT2D eigenvalue weighted by molar-refractivity contribution is -0.385. The lowest BCUT2D eigenvalue weighted by Gasteiger charge is -2.25. The minimum absolute atomic E-state index is 0.0452. The van der Waals surface area contributed by atoms with Crippen molar-refractivity contribution in [2.75, 3.05) is 0 Å². The van der Waals surface area contributed by atoms with Crippen LogP contribution in [0.5, 0.6) is 0 Å². The van der Waals surface area contributed by atoms with Gasteiger partial charge in [0.2, 0.25) is 0 Å². The van der Waals surface area contributed by atoms with Crippen molar-refractivity contribution in [1.82, 2.24) is 5.32 Å². The van der Waals surface area contributed by atoms with Crippen LogP contribution < -0.4 is 5.32 Å². The fourth-order valence-electron chi connectivity index (χ4n) is 1.92. The fraction of sp³-hybridized carbons (Fsp3) is 0.538. The molecule has 0 saturated carbocycles. The number of nitro benzene ring substituents is 1. The maximum atomic E-state index is 13.1. The minimum atomic E-state index is -0.483. The largest absolute Gasteiger partial charge is 0.307 e. The van der Waals surface area contributed by atoms with Crippen molar-refractivity contribution < 1.29 is 9.31 Å². The van der Waals surface area contributed by atoms with Crippen molar-refractivity contribution >= 4 is 5.69 Å². The highest BCUT2D eigenvalue weighted by Crippen LogP contribution is 2.21. The molecule has 0 unspecified atom stereocenters. The molecular weight excluding hydrogens is 235 g/mol. The van der Waals surface area contributed by atoms with Crippen molar-refractivity contribution in [3.63, 3.8) is 0 Å². The molecule has 4 nitrogen and oxygen atoms in total. The maximum Gasteiger partial charge on any atom is 0.274 e. The molecule has 1 aromatic rings. The van der Waals surface area contributed by atoms with Crippen LogP contribution in [0.15, 0.2) is 18.2 Å². The summed E-state index contributed by atoms with van der Waals surface area (Å²) >= 11 is 0. The number of rotatable bonds is 6. The minimum Gasteiger partial charge on any atom is -0.307 e. The average molecular weight is 254 g/mol. The Labute approximate surface area is 106 Å². The highest BCUT2D eigenvalue weighted by atomic mass is 19.1. The van der Waals surface area contributed by atoms with Gasteiger partial charge in [-0.25, -0.2) is 4.39 Å². The van der Waals surface area contributed by atoms with Crippen LogP contribution >= 0.6 is 0 Å². The fourth-order valence-corrected chi connectivity index (χ4v) is 1.92. The maximum absolute atomic E-state index is 13.1. The molecule has 0 amide bonds. The molecule has 0 aromatic heterocycles. The van der Waals surface area contributed by atoms with Gasteiger partial charge in [-0.3, -0.25) is 10.1 Å². The Morgan fingerprint density at radius 1 is 1.44 bits per heavy atom. The highest BCUT2D eigenvalue weighted by Gasteiger charge is 2.19. The molecule has 100 valence electrons. The first kappa shape index (κ1) is 14.6. The average Bonchev–Trinajstić information content (AvgIpc) is 2.26. The van der Waals surface area contributed by atoms with Gasteiger partial charge in [0.25, 0.3) is 5.69 Å². The summed E-state index contributed by atoms with van der Waals surface area (Å²) < 4.78 is 13.1. The van der Waals surface area contributed by atoms with Gasteiger partial charge in [0.15, 0.2) is 0 Å². The van der Waals surface area contributed by atoms with Crippen LogP contribution in [0.2, 0.25) is 0 Å². The molecule has 0 bridgehead atoms. The van der Waals surface area contributed by atoms with Gasteiger partial charge in [0.05, 0.1) is 4.92 Å². The third-order valence-electron chi connectivity index (χ3n) is 2.87. The lowest BCUT2D eigenvalue weighted by atomic mass is 9.98. The number of nitro groups is 1. The zero-order valence-electron chi connectivity index (χ0n) is 11.0. The van der Waals surface area contributed by atoms with Crippen LogP contribution in [0.25, 0.3) is 0 Å². The summed E-state index contributed by atoms with van der Waals surface area (Å²) in [6.07, 6.45) is 1.97. The molecule has 0 saturated heterocycles. The predicted molar refractivity (Wildman–Crippen MR) is 68.9 cm³/mol. The van der Waals surface area contributed by atoms with Crippen molar-refractivity contribution in [3.8, 4) is 0 Å². The van der Waals surface area contributed by atoms with Gasteiger partial charge in [-0.05, 0) is 32.4 Å². The molecule has 1 aromatic carbocycles. The van der Waals surface area contributed by atoms with Gasteiger partial charge < -0.3 is 5.32 Å². The van der Waals surface area contributed by atoms with E-state index in [4.69, 9.17) is 0 Å². The summed E-state index contributed by atoms with van der Waals surface area (Å²) in [5, 5.41) is 14.1. The summed E-state index contributed by atoms with van der Waals surface area (Å²) in [5.41, 5.74) is 0.218. The van der Waals surface area contributed by atoms with Crippen molar-refractivity contribution in [2.45, 2.75) is 45.7 Å². The molecule has 1 rings (SSSR count). The van der Waals surface area contributed by atoms with E-state index >= 15 is 0 Å². The number of hydrogen-bond donors (Lipinski definition) is 1. The van der Waals surface area contributed by atoms with Crippen molar-refractivity contribution in [1.29, 1.82) is 0 Å². The number of halogens is 1. The standard InChI is InChI=1S/C13H19FN2O2/c1-4-7-13(2,3)15-9-10-8-11(14)5-6-12(10)16(17)18/h5-6,8,15H,4,7,9H2,1-3H3. The van der Waals surface area contributed by atoms with E-state index in [0.29, 0.717) is 12.1 Å². The quantitative estimate of drug-likeness (QED) is 0.625. The molecular formula is C13H19FN2O2. The third-order valence-corrected chi connectivity index (χ3v) is 2.87. The third kappa shape index (κ3) is 4.07. The van der Waals surface area contributed by atoms with Gasteiger partial charge in [-0.2, -0.15) is 0 Å². The van der Waals surface area contributed by atoms with E-state index < -0.39 is 10.7 Å². The normalized spacial score (nSPS) is 11.6. The van der Waals surface area contributed by atoms with E-state index in [-0.39, 0.29) is 11.2 Å². The van der Waals surface area contributed by atoms with Gasteiger partial charge in [0, 0.05) is 23.7 Å². The first-order valence-electron chi connectivity index (χ1n) is 6.03. The van der Waals surface area contributed by atoms with Gasteiger partial charge in [-0.1, -0.05) is 13.3 Å². The first-order chi connectivity index (χ1) is 8.35. The Balaban J connectivity index is 2.83. The van der Waals surface area contributed by atoms with E-state index in [2.05, 4.69) is 12.2 Å². The number of nitrogens with one attached hydrogen (secondary N) is 1. The van der Waals surface area contributed by atoms with E-state index in [9.17, 15) is 14.5 Å². The SMILES string of the molecule is CCCC(C)(C)NCc1cc(F)ccc1[N+](=O)[O-]. The van der Waals surface area contributed by atoms with E-state index in [0.717, 1.165) is 18.9 Å². The second kappa shape index (κ2) is 5.91. The van der Waals surface area contributed by atoms with E-state index in [1.54, 1.807) is 0 Å². The van der Waals surface area contributed by atoms with Gasteiger partial charge in [-0.15, -0.1) is 0 Å². The van der Waals surface area contributed by atoms with E-state index in [1.165, 1.54) is 12.1 Å². The summed E-state index contributed by atoms with van der Waals surface area (Å²) in [6, 6.07) is 3.53. The summed E-state index contributed by atoms with van der Waals surface area (Å²) in [4.78, 5) is 10.4. The molecule has 0 aliphatic heterocycles. The first-order valence-corrected chi connectivity index (χ1v) is 6.03. The molecule has 0 aliphatic carbocycles. The van der Waals surface area contributed by atoms with Crippen LogP contribution in [0.1, 0.15) is 39.2 Å². The van der Waals surface area contributed by atoms with E-state index in [1.807, 2.05) is 13.8 Å². The van der Waals surface area contributed by atoms with Crippen LogP contribution in [-0.4, -0.2) is 10.5 Å². The Bertz CT molecular complexity index is 433. The molecule has 1 N–H and O–H groups in total. The molecule has 0 heterocycles. The number of nitrogens with zero attached hydrogens (tertiary/aromatic N) is 1. The molecule has 0 atom stereocenters. The predicted octanol–water partition coefficient (Wildman–Crippen LogP) is 3.40. The molecule has 5 heteroatoms. The van der Waals surface area contributed by atoms with Gasteiger partial charge >= 0.3 is 0 Å². The topological polar surface area (TPSA) is 55.2 Å². The molecule has 0 fully saturated rings. The number of benzene rings is 1. The lowest BCUT2D eigenvalue weighted by Crippen LogP contribution is -2.38. The van der Waals surface area contributed by atoms with Crippen LogP contribution in [-0.2, 0) is 6.54 Å². The second-order valence-electron chi connectivity index (χ2n) is 5.02. The summed E-state index contributed by atoms with van der Waals surface area (Å²) in [6.45, 7) is 6.43. The summed E-state index contributed by atoms with van der Waals surface area (Å²) in [7, 11) is 0. The zero-order valence-corrected chi connectivity index (χ0v) is 11.0. The van der Waals surface area contributed by atoms with Crippen molar-refractivity contribution in [2.24, 2.45) is 0 Å². The Morgan fingerprint density at radius 2 is 2.11 bits per heavy atom. The Morgan fingerprint density at radius 3 is 2.67 bits per heavy atom. The molecule has 18 heavy (non-hydrogen) atoms. The van der Waals surface area contributed by atoms with Crippen molar-refractivity contribution in [3.05, 3.63) is 39.7 Å². The zero-order chi connectivity index (χ0) is 13.8. The van der Waals surface area contributed by atoms with Gasteiger partial charge in [0.1, 0.15) is 5.82 Å². The van der Waals surface area contributed by atoms with Crippen LogP contribution in [0, 0.1) is 15.9 Å². The van der Waals surface area contributed by atoms with Crippen LogP contribution in [0.3, 0.4) is 0 Å². The smallest absolute Gasteiger partial charge is 0.274 e. The molecule has 0 radical (unpaired) electrons. The Kier molecular flexibility index (Phi) is 4.78. The van der Waals surface area contributed by atoms with Crippen LogP contribution in [0.4, 0.5) is 10.1 Å². The second-order valence-corrected chi connectivity index (χ2v) is 5.02. The number of hydrogen-bond acceptors (Lipinski definition) is 3. The molecule has 0 aliphatic rings. The summed E-state index contributed by atoms with van der Waals surface area (Å²) in [5.74, 6) is -0.453. The highest BCUT2D eigenvalue weighted by molar-refractivity contribution is 5.40.